The lowest BCUT2D eigenvalue weighted by Crippen LogP contribution is -2.37. The van der Waals surface area contributed by atoms with E-state index in [1.165, 1.54) is 0 Å². The lowest BCUT2D eigenvalue weighted by atomic mass is 10.1. The molecule has 2 aliphatic rings. The summed E-state index contributed by atoms with van der Waals surface area (Å²) in [6, 6.07) is 5.73. The Morgan fingerprint density at radius 2 is 1.90 bits per heavy atom. The van der Waals surface area contributed by atoms with Crippen molar-refractivity contribution in [3.05, 3.63) is 48.2 Å². The van der Waals surface area contributed by atoms with Crippen molar-refractivity contribution in [3.8, 4) is 0 Å². The van der Waals surface area contributed by atoms with Crippen LogP contribution in [0.1, 0.15) is 50.2 Å². The first-order valence-corrected chi connectivity index (χ1v) is 10.4. The highest BCUT2D eigenvalue weighted by atomic mass is 16.2. The van der Waals surface area contributed by atoms with Crippen molar-refractivity contribution in [3.63, 3.8) is 0 Å². The Morgan fingerprint density at radius 3 is 2.63 bits per heavy atom. The molecular formula is C23H32N6O. The Bertz CT molecular complexity index is 1010. The number of anilines is 1. The molecule has 3 aromatic rings. The topological polar surface area (TPSA) is 78.0 Å². The quantitative estimate of drug-likeness (QED) is 0.692. The smallest absolute Gasteiger partial charge is 0.255 e. The number of aryl methyl sites for hydroxylation is 1. The highest BCUT2D eigenvalue weighted by Gasteiger charge is 2.48. The monoisotopic (exact) mass is 408 g/mol. The molecule has 1 saturated heterocycles. The van der Waals surface area contributed by atoms with Gasteiger partial charge in [-0.2, -0.15) is 0 Å². The fourth-order valence-electron chi connectivity index (χ4n) is 4.10. The average Bonchev–Trinajstić information content (AvgIpc) is 3.39. The van der Waals surface area contributed by atoms with E-state index in [1.54, 1.807) is 12.5 Å². The lowest BCUT2D eigenvalue weighted by Gasteiger charge is -2.25. The summed E-state index contributed by atoms with van der Waals surface area (Å²) in [5, 5.41) is 1.04. The van der Waals surface area contributed by atoms with Crippen molar-refractivity contribution in [2.24, 2.45) is 5.41 Å². The Balaban J connectivity index is 0.000000830. The van der Waals surface area contributed by atoms with Gasteiger partial charge in [0, 0.05) is 49.7 Å². The van der Waals surface area contributed by atoms with Crippen molar-refractivity contribution < 1.29 is 4.79 Å². The number of hydrogen-bond acceptors (Lipinski definition) is 5. The summed E-state index contributed by atoms with van der Waals surface area (Å²) in [5.41, 5.74) is 2.53. The molecule has 3 aromatic heterocycles. The molecule has 1 spiro atoms. The van der Waals surface area contributed by atoms with Crippen molar-refractivity contribution in [2.75, 3.05) is 31.1 Å². The largest absolute Gasteiger partial charge is 0.354 e. The standard InChI is InChI=1S/C20H22N6O.C2H6.CH4/c1-14-15(3-2-7-21-14)19(27)26-10-9-25(11-20(12-26)5-6-20)18-16-4-8-22-17(16)23-13-24-18;1-2;/h2-4,7-8,13H,5-6,9-12H2,1H3,(H,22,23,24);1-2H3;1H4. The third-order valence-corrected chi connectivity index (χ3v) is 5.81. The zero-order chi connectivity index (χ0) is 20.4. The number of nitrogens with zero attached hydrogens (tertiary/aromatic N) is 5. The van der Waals surface area contributed by atoms with E-state index >= 15 is 0 Å². The zero-order valence-corrected chi connectivity index (χ0v) is 17.4. The molecule has 0 aromatic carbocycles. The molecule has 160 valence electrons. The van der Waals surface area contributed by atoms with Crippen LogP contribution < -0.4 is 4.90 Å². The number of amides is 1. The maximum Gasteiger partial charge on any atom is 0.255 e. The number of aromatic amines is 1. The molecule has 1 aliphatic carbocycles. The lowest BCUT2D eigenvalue weighted by molar-refractivity contribution is 0.0739. The van der Waals surface area contributed by atoms with Crippen LogP contribution in [0.4, 0.5) is 5.82 Å². The number of fused-ring (bicyclic) bond motifs is 1. The van der Waals surface area contributed by atoms with Gasteiger partial charge in [0.1, 0.15) is 17.8 Å². The van der Waals surface area contributed by atoms with Crippen LogP contribution in [0, 0.1) is 12.3 Å². The SMILES string of the molecule is C.CC.Cc1ncccc1C(=O)N1CCN(c2ncnc3[nH]ccc23)CC2(CC2)C1. The number of rotatable bonds is 2. The minimum absolute atomic E-state index is 0. The molecular weight excluding hydrogens is 376 g/mol. The Kier molecular flexibility index (Phi) is 6.39. The zero-order valence-electron chi connectivity index (χ0n) is 17.4. The predicted octanol–water partition coefficient (Wildman–Crippen LogP) is 4.07. The third-order valence-electron chi connectivity index (χ3n) is 5.81. The van der Waals surface area contributed by atoms with Crippen molar-refractivity contribution >= 4 is 22.8 Å². The van der Waals surface area contributed by atoms with Gasteiger partial charge in [0.05, 0.1) is 10.9 Å². The van der Waals surface area contributed by atoms with Crippen LogP contribution in [0.3, 0.4) is 0 Å². The molecule has 5 rings (SSSR count). The molecule has 2 fully saturated rings. The molecule has 1 amide bonds. The van der Waals surface area contributed by atoms with E-state index in [9.17, 15) is 4.79 Å². The van der Waals surface area contributed by atoms with Gasteiger partial charge in [-0.05, 0) is 38.0 Å². The van der Waals surface area contributed by atoms with E-state index in [2.05, 4.69) is 24.8 Å². The Labute approximate surface area is 178 Å². The van der Waals surface area contributed by atoms with Crippen LogP contribution >= 0.6 is 0 Å². The molecule has 30 heavy (non-hydrogen) atoms. The summed E-state index contributed by atoms with van der Waals surface area (Å²) < 4.78 is 0. The molecule has 1 aliphatic heterocycles. The average molecular weight is 409 g/mol. The van der Waals surface area contributed by atoms with Gasteiger partial charge in [-0.15, -0.1) is 0 Å². The molecule has 4 heterocycles. The van der Waals surface area contributed by atoms with E-state index in [4.69, 9.17) is 0 Å². The van der Waals surface area contributed by atoms with Gasteiger partial charge in [0.2, 0.25) is 0 Å². The first-order chi connectivity index (χ1) is 14.2. The van der Waals surface area contributed by atoms with E-state index in [0.29, 0.717) is 12.1 Å². The van der Waals surface area contributed by atoms with Gasteiger partial charge in [-0.1, -0.05) is 21.3 Å². The van der Waals surface area contributed by atoms with Gasteiger partial charge in [-0.25, -0.2) is 9.97 Å². The van der Waals surface area contributed by atoms with Crippen molar-refractivity contribution in [1.29, 1.82) is 0 Å². The third kappa shape index (κ3) is 4.01. The van der Waals surface area contributed by atoms with Gasteiger partial charge >= 0.3 is 0 Å². The van der Waals surface area contributed by atoms with Crippen LogP contribution in [0.2, 0.25) is 0 Å². The first kappa shape index (κ1) is 21.7. The summed E-state index contributed by atoms with van der Waals surface area (Å²) in [4.78, 5) is 33.8. The number of carbonyl (C=O) groups excluding carboxylic acids is 1. The summed E-state index contributed by atoms with van der Waals surface area (Å²) in [5.74, 6) is 1.04. The van der Waals surface area contributed by atoms with Crippen LogP contribution in [-0.2, 0) is 0 Å². The van der Waals surface area contributed by atoms with Crippen molar-refractivity contribution in [1.82, 2.24) is 24.8 Å². The van der Waals surface area contributed by atoms with E-state index in [0.717, 1.165) is 55.0 Å². The van der Waals surface area contributed by atoms with E-state index < -0.39 is 0 Å². The predicted molar refractivity (Wildman–Crippen MR) is 121 cm³/mol. The minimum Gasteiger partial charge on any atom is -0.354 e. The highest BCUT2D eigenvalue weighted by Crippen LogP contribution is 2.48. The number of pyridine rings is 1. The molecule has 0 atom stereocenters. The van der Waals surface area contributed by atoms with Gasteiger partial charge in [-0.3, -0.25) is 9.78 Å². The summed E-state index contributed by atoms with van der Waals surface area (Å²) in [6.07, 6.45) is 7.55. The second-order valence-corrected chi connectivity index (χ2v) is 7.72. The van der Waals surface area contributed by atoms with Crippen LogP contribution in [-0.4, -0.2) is 56.9 Å². The van der Waals surface area contributed by atoms with Gasteiger partial charge in [0.15, 0.2) is 0 Å². The molecule has 7 nitrogen and oxygen atoms in total. The fourth-order valence-corrected chi connectivity index (χ4v) is 4.10. The molecule has 0 bridgehead atoms. The maximum absolute atomic E-state index is 13.1. The van der Waals surface area contributed by atoms with Crippen LogP contribution in [0.25, 0.3) is 11.0 Å². The number of nitrogens with one attached hydrogen (secondary N) is 1. The number of hydrogen-bond donors (Lipinski definition) is 1. The highest BCUT2D eigenvalue weighted by molar-refractivity contribution is 5.95. The van der Waals surface area contributed by atoms with Crippen LogP contribution in [0.15, 0.2) is 36.9 Å². The van der Waals surface area contributed by atoms with Gasteiger partial charge < -0.3 is 14.8 Å². The summed E-state index contributed by atoms with van der Waals surface area (Å²) >= 11 is 0. The second kappa shape index (κ2) is 8.81. The number of aromatic nitrogens is 4. The first-order valence-electron chi connectivity index (χ1n) is 10.4. The summed E-state index contributed by atoms with van der Waals surface area (Å²) in [7, 11) is 0. The summed E-state index contributed by atoms with van der Waals surface area (Å²) in [6.45, 7) is 9.08. The van der Waals surface area contributed by atoms with E-state index in [1.807, 2.05) is 50.1 Å². The Hall–Kier alpha value is -2.96. The second-order valence-electron chi connectivity index (χ2n) is 7.72. The maximum atomic E-state index is 13.1. The minimum atomic E-state index is 0. The number of H-pyrrole nitrogens is 1. The molecule has 1 saturated carbocycles. The molecule has 7 heteroatoms. The fraction of sp³-hybridized carbons (Fsp3) is 0.478. The van der Waals surface area contributed by atoms with Crippen LogP contribution in [0.5, 0.6) is 0 Å². The Morgan fingerprint density at radius 1 is 1.10 bits per heavy atom. The normalized spacial score (nSPS) is 17.0. The molecule has 0 unspecified atom stereocenters. The molecule has 0 radical (unpaired) electrons. The van der Waals surface area contributed by atoms with Gasteiger partial charge in [0.25, 0.3) is 5.91 Å². The van der Waals surface area contributed by atoms with E-state index in [-0.39, 0.29) is 18.7 Å². The molecule has 1 N–H and O–H groups in total. The van der Waals surface area contributed by atoms with Crippen molar-refractivity contribution in [2.45, 2.75) is 41.0 Å². The number of carbonyl (C=O) groups is 1.